The molecule has 0 aliphatic carbocycles. The summed E-state index contributed by atoms with van der Waals surface area (Å²) in [6, 6.07) is 12.7. The molecular weight excluding hydrogens is 444 g/mol. The summed E-state index contributed by atoms with van der Waals surface area (Å²) in [5.41, 5.74) is 11.7. The van der Waals surface area contributed by atoms with Gasteiger partial charge in [0.1, 0.15) is 0 Å². The molecule has 2 atom stereocenters. The Bertz CT molecular complexity index is 1210. The Labute approximate surface area is 192 Å². The molecule has 0 bridgehead atoms. The fourth-order valence-corrected chi connectivity index (χ4v) is 5.91. The van der Waals surface area contributed by atoms with Crippen LogP contribution in [0.2, 0.25) is 0 Å². The van der Waals surface area contributed by atoms with Crippen molar-refractivity contribution in [1.82, 2.24) is 9.62 Å². The molecule has 5 N–H and O–H groups in total. The summed E-state index contributed by atoms with van der Waals surface area (Å²) >= 11 is 0. The molecule has 2 aromatic rings. The van der Waals surface area contributed by atoms with Crippen molar-refractivity contribution in [3.8, 4) is 0 Å². The summed E-state index contributed by atoms with van der Waals surface area (Å²) in [6.45, 7) is 3.54. The molecule has 2 heterocycles. The van der Waals surface area contributed by atoms with Crippen LogP contribution in [0.25, 0.3) is 0 Å². The van der Waals surface area contributed by atoms with Gasteiger partial charge in [-0.2, -0.15) is 4.31 Å². The predicted octanol–water partition coefficient (Wildman–Crippen LogP) is -0.328. The van der Waals surface area contributed by atoms with E-state index in [2.05, 4.69) is 15.2 Å². The molecule has 1 saturated heterocycles. The highest BCUT2D eigenvalue weighted by atomic mass is 32.2. The van der Waals surface area contributed by atoms with Gasteiger partial charge in [0.25, 0.3) is 5.91 Å². The van der Waals surface area contributed by atoms with Gasteiger partial charge in [-0.05, 0) is 42.3 Å². The predicted molar refractivity (Wildman–Crippen MR) is 124 cm³/mol. The number of nitrogens with one attached hydrogen (secondary N) is 1. The third kappa shape index (κ3) is 3.83. The standard InChI is InChI=1S/C22H26N6O4S/c1-15-13-16(7-8-18(15)22(21(24)30)19(20(23)29)25-14-26-22)27-9-11-28(12-10-27)33(31,32)17-5-3-2-4-6-17/h2-8,13-14,19H,9-12H2,1H3,(H2,23,29)(H2,24,30)(H,25,26). The van der Waals surface area contributed by atoms with E-state index in [0.29, 0.717) is 31.7 Å². The van der Waals surface area contributed by atoms with E-state index < -0.39 is 33.4 Å². The fraction of sp³-hybridized carbons (Fsp3) is 0.318. The van der Waals surface area contributed by atoms with Gasteiger partial charge in [-0.3, -0.25) is 14.6 Å². The molecule has 174 valence electrons. The Morgan fingerprint density at radius 3 is 2.30 bits per heavy atom. The zero-order valence-corrected chi connectivity index (χ0v) is 19.0. The van der Waals surface area contributed by atoms with Gasteiger partial charge in [0.15, 0.2) is 11.6 Å². The molecule has 2 aromatic carbocycles. The Morgan fingerprint density at radius 1 is 1.06 bits per heavy atom. The highest BCUT2D eigenvalue weighted by Gasteiger charge is 2.52. The molecule has 2 amide bonds. The lowest BCUT2D eigenvalue weighted by atomic mass is 9.80. The van der Waals surface area contributed by atoms with Gasteiger partial charge in [-0.1, -0.05) is 24.3 Å². The number of hydrogen-bond donors (Lipinski definition) is 3. The maximum absolute atomic E-state index is 12.9. The van der Waals surface area contributed by atoms with Crippen LogP contribution in [0.4, 0.5) is 5.69 Å². The number of aliphatic imine (C=N–C) groups is 1. The lowest BCUT2D eigenvalue weighted by molar-refractivity contribution is -0.130. The molecule has 1 fully saturated rings. The molecule has 0 radical (unpaired) electrons. The highest BCUT2D eigenvalue weighted by Crippen LogP contribution is 2.34. The number of carbonyl (C=O) groups is 2. The number of primary amides is 2. The van der Waals surface area contributed by atoms with E-state index in [1.807, 2.05) is 19.1 Å². The van der Waals surface area contributed by atoms with Crippen molar-refractivity contribution >= 4 is 33.9 Å². The van der Waals surface area contributed by atoms with Crippen molar-refractivity contribution in [2.45, 2.75) is 23.4 Å². The third-order valence-electron chi connectivity index (χ3n) is 6.20. The normalized spacial score (nSPS) is 23.3. The summed E-state index contributed by atoms with van der Waals surface area (Å²) in [6.07, 6.45) is 1.28. The summed E-state index contributed by atoms with van der Waals surface area (Å²) in [5, 5.41) is 2.84. The number of hydrogen-bond acceptors (Lipinski definition) is 7. The first-order chi connectivity index (χ1) is 15.7. The SMILES string of the molecule is Cc1cc(N2CCN(S(=O)(=O)c3ccccc3)CC2)ccc1C1(C(N)=O)NC=NC1C(N)=O. The summed E-state index contributed by atoms with van der Waals surface area (Å²) in [7, 11) is -3.54. The molecule has 2 aliphatic heterocycles. The molecule has 2 unspecified atom stereocenters. The van der Waals surface area contributed by atoms with Crippen molar-refractivity contribution in [2.75, 3.05) is 31.1 Å². The van der Waals surface area contributed by atoms with Crippen LogP contribution in [0.5, 0.6) is 0 Å². The van der Waals surface area contributed by atoms with Gasteiger partial charge in [0, 0.05) is 31.9 Å². The smallest absolute Gasteiger partial charge is 0.250 e. The Hall–Kier alpha value is -3.44. The van der Waals surface area contributed by atoms with E-state index in [1.54, 1.807) is 36.4 Å². The number of aryl methyl sites for hydroxylation is 1. The van der Waals surface area contributed by atoms with Gasteiger partial charge in [-0.25, -0.2) is 8.42 Å². The quantitative estimate of drug-likeness (QED) is 0.526. The minimum atomic E-state index is -3.54. The molecule has 10 nitrogen and oxygen atoms in total. The first-order valence-electron chi connectivity index (χ1n) is 10.5. The maximum Gasteiger partial charge on any atom is 0.250 e. The second kappa shape index (κ2) is 8.49. The van der Waals surface area contributed by atoms with Gasteiger partial charge < -0.3 is 21.7 Å². The zero-order chi connectivity index (χ0) is 23.8. The number of carbonyl (C=O) groups excluding carboxylic acids is 2. The molecule has 0 spiro atoms. The number of amides is 2. The van der Waals surface area contributed by atoms with Crippen LogP contribution in [0.3, 0.4) is 0 Å². The van der Waals surface area contributed by atoms with E-state index >= 15 is 0 Å². The maximum atomic E-state index is 12.9. The highest BCUT2D eigenvalue weighted by molar-refractivity contribution is 7.89. The molecule has 11 heteroatoms. The van der Waals surface area contributed by atoms with E-state index in [4.69, 9.17) is 11.5 Å². The Morgan fingerprint density at radius 2 is 1.73 bits per heavy atom. The molecule has 2 aliphatic rings. The molecule has 33 heavy (non-hydrogen) atoms. The zero-order valence-electron chi connectivity index (χ0n) is 18.1. The van der Waals surface area contributed by atoms with Crippen LogP contribution >= 0.6 is 0 Å². The van der Waals surface area contributed by atoms with Crippen molar-refractivity contribution in [2.24, 2.45) is 16.5 Å². The van der Waals surface area contributed by atoms with Gasteiger partial charge in [0.2, 0.25) is 15.9 Å². The molecule has 0 saturated carbocycles. The second-order valence-electron chi connectivity index (χ2n) is 8.10. The average Bonchev–Trinajstić information content (AvgIpc) is 3.26. The lowest BCUT2D eigenvalue weighted by Crippen LogP contribution is -2.59. The fourth-order valence-electron chi connectivity index (χ4n) is 4.47. The molecule has 4 rings (SSSR count). The lowest BCUT2D eigenvalue weighted by Gasteiger charge is -2.36. The van der Waals surface area contributed by atoms with Crippen LogP contribution < -0.4 is 21.7 Å². The number of rotatable bonds is 6. The average molecular weight is 471 g/mol. The van der Waals surface area contributed by atoms with Crippen LogP contribution in [0.15, 0.2) is 58.4 Å². The van der Waals surface area contributed by atoms with E-state index in [-0.39, 0.29) is 4.90 Å². The number of sulfonamides is 1. The van der Waals surface area contributed by atoms with Crippen molar-refractivity contribution in [1.29, 1.82) is 0 Å². The largest absolute Gasteiger partial charge is 0.369 e. The van der Waals surface area contributed by atoms with Crippen LogP contribution in [-0.4, -0.2) is 63.1 Å². The van der Waals surface area contributed by atoms with Crippen molar-refractivity contribution < 1.29 is 18.0 Å². The van der Waals surface area contributed by atoms with E-state index in [1.165, 1.54) is 10.6 Å². The monoisotopic (exact) mass is 470 g/mol. The summed E-state index contributed by atoms with van der Waals surface area (Å²) in [4.78, 5) is 30.7. The first kappa shape index (κ1) is 22.7. The Kier molecular flexibility index (Phi) is 5.85. The van der Waals surface area contributed by atoms with Crippen LogP contribution in [-0.2, 0) is 25.2 Å². The van der Waals surface area contributed by atoms with Crippen LogP contribution in [0, 0.1) is 6.92 Å². The minimum absolute atomic E-state index is 0.283. The second-order valence-corrected chi connectivity index (χ2v) is 10.0. The summed E-state index contributed by atoms with van der Waals surface area (Å²) in [5.74, 6) is -1.51. The van der Waals surface area contributed by atoms with Gasteiger partial charge in [-0.15, -0.1) is 0 Å². The van der Waals surface area contributed by atoms with E-state index in [9.17, 15) is 18.0 Å². The van der Waals surface area contributed by atoms with Gasteiger partial charge >= 0.3 is 0 Å². The summed E-state index contributed by atoms with van der Waals surface area (Å²) < 4.78 is 27.2. The Balaban J connectivity index is 1.54. The number of benzene rings is 2. The number of nitrogens with two attached hydrogens (primary N) is 2. The molecular formula is C22H26N6O4S. The first-order valence-corrected chi connectivity index (χ1v) is 11.9. The van der Waals surface area contributed by atoms with Crippen molar-refractivity contribution in [3.63, 3.8) is 0 Å². The number of nitrogens with zero attached hydrogens (tertiary/aromatic N) is 3. The van der Waals surface area contributed by atoms with Crippen molar-refractivity contribution in [3.05, 3.63) is 59.7 Å². The topological polar surface area (TPSA) is 151 Å². The minimum Gasteiger partial charge on any atom is -0.369 e. The van der Waals surface area contributed by atoms with E-state index in [0.717, 1.165) is 11.3 Å². The number of piperazine rings is 1. The van der Waals surface area contributed by atoms with Gasteiger partial charge in [0.05, 0.1) is 11.2 Å². The number of anilines is 1. The molecule has 0 aromatic heterocycles. The van der Waals surface area contributed by atoms with Crippen LogP contribution in [0.1, 0.15) is 11.1 Å². The third-order valence-corrected chi connectivity index (χ3v) is 8.12.